The highest BCUT2D eigenvalue weighted by molar-refractivity contribution is 5.42. The first-order valence-electron chi connectivity index (χ1n) is 9.68. The first kappa shape index (κ1) is 18.5. The molecule has 25 heavy (non-hydrogen) atoms. The van der Waals surface area contributed by atoms with Gasteiger partial charge in [-0.05, 0) is 59.3 Å². The number of piperidine rings is 2. The average Bonchev–Trinajstić information content (AvgIpc) is 2.64. The van der Waals surface area contributed by atoms with Gasteiger partial charge in [-0.3, -0.25) is 0 Å². The molecule has 0 aliphatic carbocycles. The molecule has 1 N–H and O–H groups in total. The molecule has 0 spiro atoms. The van der Waals surface area contributed by atoms with Crippen molar-refractivity contribution in [1.82, 2.24) is 20.2 Å². The smallest absolute Gasteiger partial charge is 0.132 e. The Hall–Kier alpha value is -1.24. The lowest BCUT2D eigenvalue weighted by Crippen LogP contribution is -2.45. The van der Waals surface area contributed by atoms with Crippen molar-refractivity contribution < 1.29 is 4.74 Å². The van der Waals surface area contributed by atoms with Gasteiger partial charge in [-0.1, -0.05) is 0 Å². The van der Waals surface area contributed by atoms with Crippen LogP contribution in [0.15, 0.2) is 6.07 Å². The fourth-order valence-electron chi connectivity index (χ4n) is 4.02. The van der Waals surface area contributed by atoms with Crippen LogP contribution in [0, 0.1) is 6.92 Å². The van der Waals surface area contributed by atoms with Gasteiger partial charge in [0.15, 0.2) is 0 Å². The summed E-state index contributed by atoms with van der Waals surface area (Å²) in [6.07, 6.45) is 4.81. The van der Waals surface area contributed by atoms with Crippen molar-refractivity contribution in [3.63, 3.8) is 0 Å². The van der Waals surface area contributed by atoms with Gasteiger partial charge in [-0.25, -0.2) is 9.97 Å². The molecular weight excluding hydrogens is 314 g/mol. The van der Waals surface area contributed by atoms with E-state index in [1.165, 1.54) is 31.4 Å². The predicted molar refractivity (Wildman–Crippen MR) is 101 cm³/mol. The van der Waals surface area contributed by atoms with Gasteiger partial charge in [0.25, 0.3) is 0 Å². The van der Waals surface area contributed by atoms with Gasteiger partial charge in [-0.2, -0.15) is 0 Å². The van der Waals surface area contributed by atoms with E-state index in [0.29, 0.717) is 12.0 Å². The molecule has 1 aromatic heterocycles. The number of nitrogens with one attached hydrogen (secondary N) is 1. The Labute approximate surface area is 152 Å². The molecule has 2 aliphatic heterocycles. The van der Waals surface area contributed by atoms with Crippen LogP contribution in [0.2, 0.25) is 0 Å². The molecule has 6 heteroatoms. The van der Waals surface area contributed by atoms with Gasteiger partial charge in [0.05, 0.1) is 12.3 Å². The Bertz CT molecular complexity index is 539. The Balaban J connectivity index is 1.82. The van der Waals surface area contributed by atoms with Crippen molar-refractivity contribution in [2.24, 2.45) is 0 Å². The number of methoxy groups -OCH3 is 1. The third kappa shape index (κ3) is 4.90. The second-order valence-corrected chi connectivity index (χ2v) is 7.46. The van der Waals surface area contributed by atoms with Crippen LogP contribution in [0.5, 0.6) is 0 Å². The molecule has 140 valence electrons. The lowest BCUT2D eigenvalue weighted by Gasteiger charge is -2.38. The zero-order valence-corrected chi connectivity index (χ0v) is 16.0. The molecule has 1 unspecified atom stereocenters. The average molecular weight is 348 g/mol. The van der Waals surface area contributed by atoms with E-state index >= 15 is 0 Å². The quantitative estimate of drug-likeness (QED) is 0.847. The summed E-state index contributed by atoms with van der Waals surface area (Å²) in [5, 5.41) is 3.50. The summed E-state index contributed by atoms with van der Waals surface area (Å²) >= 11 is 0. The highest BCUT2D eigenvalue weighted by Crippen LogP contribution is 2.27. The van der Waals surface area contributed by atoms with Crippen LogP contribution in [0.4, 0.5) is 5.82 Å². The number of aryl methyl sites for hydroxylation is 1. The van der Waals surface area contributed by atoms with Crippen LogP contribution < -0.4 is 10.2 Å². The molecule has 0 bridgehead atoms. The van der Waals surface area contributed by atoms with E-state index in [1.807, 2.05) is 6.92 Å². The van der Waals surface area contributed by atoms with Gasteiger partial charge in [-0.15, -0.1) is 0 Å². The number of nitrogens with zero attached hydrogens (tertiary/aromatic N) is 4. The summed E-state index contributed by atoms with van der Waals surface area (Å²) in [7, 11) is 3.98. The predicted octanol–water partition coefficient (Wildman–Crippen LogP) is 1.80. The third-order valence-electron chi connectivity index (χ3n) is 5.52. The number of hydrogen-bond donors (Lipinski definition) is 1. The Morgan fingerprint density at radius 2 is 2.08 bits per heavy atom. The molecule has 0 amide bonds. The van der Waals surface area contributed by atoms with E-state index in [4.69, 9.17) is 14.7 Å². The van der Waals surface area contributed by atoms with Crippen molar-refractivity contribution in [2.45, 2.75) is 44.6 Å². The summed E-state index contributed by atoms with van der Waals surface area (Å²) in [5.41, 5.74) is 1.20. The van der Waals surface area contributed by atoms with Crippen molar-refractivity contribution in [2.75, 3.05) is 58.4 Å². The normalized spacial score (nSPS) is 22.9. The molecule has 1 atom stereocenters. The molecule has 6 nitrogen and oxygen atoms in total. The maximum atomic E-state index is 5.38. The molecule has 3 heterocycles. The largest absolute Gasteiger partial charge is 0.383 e. The van der Waals surface area contributed by atoms with Gasteiger partial charge < -0.3 is 19.9 Å². The molecule has 2 saturated heterocycles. The highest BCUT2D eigenvalue weighted by Gasteiger charge is 2.26. The molecule has 2 fully saturated rings. The van der Waals surface area contributed by atoms with Crippen molar-refractivity contribution >= 4 is 5.82 Å². The van der Waals surface area contributed by atoms with Crippen LogP contribution in [0.1, 0.15) is 43.1 Å². The van der Waals surface area contributed by atoms with Crippen LogP contribution >= 0.6 is 0 Å². The Kier molecular flexibility index (Phi) is 6.62. The Morgan fingerprint density at radius 3 is 2.76 bits per heavy atom. The number of rotatable bonds is 6. The van der Waals surface area contributed by atoms with E-state index < -0.39 is 0 Å². The van der Waals surface area contributed by atoms with Crippen molar-refractivity contribution in [3.8, 4) is 0 Å². The topological polar surface area (TPSA) is 53.5 Å². The van der Waals surface area contributed by atoms with Gasteiger partial charge >= 0.3 is 0 Å². The minimum absolute atomic E-state index is 0.510. The summed E-state index contributed by atoms with van der Waals surface area (Å²) in [4.78, 5) is 14.4. The zero-order valence-electron chi connectivity index (χ0n) is 16.0. The fraction of sp³-hybridized carbons (Fsp3) is 0.789. The number of ether oxygens (including phenoxy) is 1. The van der Waals surface area contributed by atoms with E-state index in [-0.39, 0.29) is 0 Å². The standard InChI is InChI=1S/C19H33N5O/c1-15-21-18(16-5-4-8-20-14-16)13-19(22-15)24(11-12-25-3)17-6-9-23(2)10-7-17/h13,16-17,20H,4-12,14H2,1-3H3. The number of likely N-dealkylation sites (tertiary alicyclic amines) is 1. The minimum atomic E-state index is 0.510. The van der Waals surface area contributed by atoms with Crippen molar-refractivity contribution in [1.29, 1.82) is 0 Å². The van der Waals surface area contributed by atoms with Crippen LogP contribution in [0.3, 0.4) is 0 Å². The van der Waals surface area contributed by atoms with Gasteiger partial charge in [0.1, 0.15) is 11.6 Å². The van der Waals surface area contributed by atoms with Gasteiger partial charge in [0, 0.05) is 38.2 Å². The molecule has 0 radical (unpaired) electrons. The van der Waals surface area contributed by atoms with Crippen LogP contribution in [-0.4, -0.2) is 74.4 Å². The lowest BCUT2D eigenvalue weighted by atomic mass is 9.95. The first-order valence-corrected chi connectivity index (χ1v) is 9.68. The monoisotopic (exact) mass is 347 g/mol. The van der Waals surface area contributed by atoms with E-state index in [1.54, 1.807) is 7.11 Å². The van der Waals surface area contributed by atoms with E-state index in [2.05, 4.69) is 28.2 Å². The molecule has 0 aromatic carbocycles. The number of hydrogen-bond acceptors (Lipinski definition) is 6. The van der Waals surface area contributed by atoms with Crippen molar-refractivity contribution in [3.05, 3.63) is 17.6 Å². The third-order valence-corrected chi connectivity index (χ3v) is 5.52. The van der Waals surface area contributed by atoms with Gasteiger partial charge in [0.2, 0.25) is 0 Å². The SMILES string of the molecule is COCCN(c1cc(C2CCCNC2)nc(C)n1)C1CCN(C)CC1. The highest BCUT2D eigenvalue weighted by atomic mass is 16.5. The Morgan fingerprint density at radius 1 is 1.28 bits per heavy atom. The summed E-state index contributed by atoms with van der Waals surface area (Å²) in [6.45, 7) is 8.10. The molecule has 1 aromatic rings. The van der Waals surface area contributed by atoms with Crippen LogP contribution in [-0.2, 0) is 4.74 Å². The van der Waals surface area contributed by atoms with E-state index in [9.17, 15) is 0 Å². The summed E-state index contributed by atoms with van der Waals surface area (Å²) in [5.74, 6) is 2.48. The molecule has 2 aliphatic rings. The maximum absolute atomic E-state index is 5.38. The number of aromatic nitrogens is 2. The fourth-order valence-corrected chi connectivity index (χ4v) is 4.02. The summed E-state index contributed by atoms with van der Waals surface area (Å²) in [6, 6.07) is 2.77. The lowest BCUT2D eigenvalue weighted by molar-refractivity contribution is 0.194. The second-order valence-electron chi connectivity index (χ2n) is 7.46. The molecule has 3 rings (SSSR count). The molecule has 0 saturated carbocycles. The summed E-state index contributed by atoms with van der Waals surface area (Å²) < 4.78 is 5.38. The number of anilines is 1. The van der Waals surface area contributed by atoms with Crippen LogP contribution in [0.25, 0.3) is 0 Å². The van der Waals surface area contributed by atoms with E-state index in [0.717, 1.165) is 51.0 Å². The first-order chi connectivity index (χ1) is 12.2. The maximum Gasteiger partial charge on any atom is 0.132 e. The minimum Gasteiger partial charge on any atom is -0.383 e. The zero-order chi connectivity index (χ0) is 17.6. The molecular formula is C19H33N5O. The second kappa shape index (κ2) is 8.92.